The number of ketones is 3. The fourth-order valence-corrected chi connectivity index (χ4v) is 3.15. The number of allylic oxidation sites excluding steroid dienone is 2. The highest BCUT2D eigenvalue weighted by Gasteiger charge is 2.73. The van der Waals surface area contributed by atoms with Crippen LogP contribution >= 0.6 is 0 Å². The van der Waals surface area contributed by atoms with E-state index in [2.05, 4.69) is 0 Å². The Balaban J connectivity index is 2.65. The molecule has 0 aromatic carbocycles. The van der Waals surface area contributed by atoms with Crippen molar-refractivity contribution in [1.29, 1.82) is 0 Å². The summed E-state index contributed by atoms with van der Waals surface area (Å²) in [5, 5.41) is 32.7. The zero-order valence-corrected chi connectivity index (χ0v) is 14.2. The molecule has 2 unspecified atom stereocenters. The predicted molar refractivity (Wildman–Crippen MR) is 89.7 cm³/mol. The van der Waals surface area contributed by atoms with Gasteiger partial charge in [0.25, 0.3) is 0 Å². The van der Waals surface area contributed by atoms with Crippen molar-refractivity contribution in [3.05, 3.63) is 23.9 Å². The Kier molecular flexibility index (Phi) is 4.32. The van der Waals surface area contributed by atoms with Crippen molar-refractivity contribution in [2.24, 2.45) is 5.73 Å². The van der Waals surface area contributed by atoms with Gasteiger partial charge in [0.1, 0.15) is 12.2 Å². The molecule has 1 amide bonds. The molecule has 0 aromatic heterocycles. The minimum Gasteiger partial charge on any atom is -0.382 e. The molecular formula is C17H22N2O8. The van der Waals surface area contributed by atoms with E-state index in [4.69, 9.17) is 14.6 Å². The normalized spacial score (nSPS) is 35.6. The molecule has 2 rings (SSSR count). The van der Waals surface area contributed by atoms with Gasteiger partial charge in [0.15, 0.2) is 29.2 Å². The quantitative estimate of drug-likeness (QED) is 0.388. The summed E-state index contributed by atoms with van der Waals surface area (Å²) in [6.45, 7) is -3.56. The van der Waals surface area contributed by atoms with Gasteiger partial charge in [-0.05, 0) is 26.8 Å². The van der Waals surface area contributed by atoms with Crippen LogP contribution in [0.2, 0.25) is 0 Å². The van der Waals surface area contributed by atoms with Gasteiger partial charge in [-0.1, -0.05) is 6.08 Å². The molecule has 1 saturated heterocycles. The number of carbonyl (C=O) groups is 4. The summed E-state index contributed by atoms with van der Waals surface area (Å²) in [5.74, 6) is -4.84. The summed E-state index contributed by atoms with van der Waals surface area (Å²) in [6.07, 6.45) is -2.54. The number of amides is 1. The summed E-state index contributed by atoms with van der Waals surface area (Å²) in [7, 11) is 0. The van der Waals surface area contributed by atoms with Gasteiger partial charge in [-0.3, -0.25) is 19.2 Å². The lowest BCUT2D eigenvalue weighted by Crippen LogP contribution is -2.70. The van der Waals surface area contributed by atoms with Gasteiger partial charge in [0.2, 0.25) is 11.5 Å². The highest BCUT2D eigenvalue weighted by Crippen LogP contribution is 2.45. The summed E-state index contributed by atoms with van der Waals surface area (Å²) in [6, 6.07) is 0. The van der Waals surface area contributed by atoms with Crippen molar-refractivity contribution in [3.63, 3.8) is 0 Å². The van der Waals surface area contributed by atoms with Gasteiger partial charge in [-0.25, -0.2) is 0 Å². The monoisotopic (exact) mass is 385 g/mol. The third-order valence-corrected chi connectivity index (χ3v) is 4.64. The number of Topliss-reactive ketones (excluding diaryl/α,β-unsaturated/α-hetero) is 3. The molecule has 0 aromatic rings. The van der Waals surface area contributed by atoms with Crippen LogP contribution in [0, 0.1) is 0 Å². The van der Waals surface area contributed by atoms with Crippen LogP contribution < -0.4 is 5.73 Å². The van der Waals surface area contributed by atoms with Crippen LogP contribution in [-0.2, 0) is 23.9 Å². The summed E-state index contributed by atoms with van der Waals surface area (Å²) >= 11 is 0. The van der Waals surface area contributed by atoms with Crippen LogP contribution in [-0.4, -0.2) is 79.7 Å². The maximum Gasteiger partial charge on any atom is 0.246 e. The number of ether oxygens (including phenoxy) is 1. The Morgan fingerprint density at radius 3 is 2.44 bits per heavy atom. The maximum absolute atomic E-state index is 12.6. The highest BCUT2D eigenvalue weighted by atomic mass is 16.6. The number of aliphatic hydroxyl groups is 3. The van der Waals surface area contributed by atoms with E-state index in [-0.39, 0.29) is 12.1 Å². The molecule has 2 aliphatic heterocycles. The fraction of sp³-hybridized carbons (Fsp3) is 0.529. The van der Waals surface area contributed by atoms with Crippen molar-refractivity contribution in [2.45, 2.75) is 50.3 Å². The number of primary amides is 1. The summed E-state index contributed by atoms with van der Waals surface area (Å²) < 4.78 is 27.2. The second-order valence-corrected chi connectivity index (χ2v) is 6.27. The Labute approximate surface area is 159 Å². The molecule has 0 aliphatic carbocycles. The third-order valence-electron chi connectivity index (χ3n) is 4.64. The van der Waals surface area contributed by atoms with Gasteiger partial charge in [0.05, 0.1) is 6.54 Å². The Morgan fingerprint density at radius 2 is 1.89 bits per heavy atom. The van der Waals surface area contributed by atoms with Crippen molar-refractivity contribution in [3.8, 4) is 0 Å². The molecule has 27 heavy (non-hydrogen) atoms. The second kappa shape index (κ2) is 6.97. The first-order valence-corrected chi connectivity index (χ1v) is 7.68. The van der Waals surface area contributed by atoms with Crippen LogP contribution in [0.25, 0.3) is 0 Å². The van der Waals surface area contributed by atoms with Gasteiger partial charge in [-0.15, -0.1) is 0 Å². The molecule has 0 saturated carbocycles. The Hall–Kier alpha value is -2.40. The molecule has 5 N–H and O–H groups in total. The molecule has 5 atom stereocenters. The highest BCUT2D eigenvalue weighted by molar-refractivity contribution is 6.00. The molecule has 2 heterocycles. The average molecular weight is 385 g/mol. The van der Waals surface area contributed by atoms with E-state index in [9.17, 15) is 34.5 Å². The van der Waals surface area contributed by atoms with E-state index >= 15 is 0 Å². The zero-order chi connectivity index (χ0) is 22.9. The smallest absolute Gasteiger partial charge is 0.246 e. The predicted octanol–water partition coefficient (Wildman–Crippen LogP) is -2.46. The SMILES string of the molecule is [2H]CC(=O)C(O)[C@H]1OC(N2C=CC=C(C(N)=O)C2)[C@@](O)(C(=O)C[2H])[C@@]1(O)C(=O)C[2H]. The van der Waals surface area contributed by atoms with Gasteiger partial charge in [-0.2, -0.15) is 0 Å². The van der Waals surface area contributed by atoms with Crippen molar-refractivity contribution >= 4 is 23.3 Å². The summed E-state index contributed by atoms with van der Waals surface area (Å²) in [4.78, 5) is 49.5. The van der Waals surface area contributed by atoms with Crippen LogP contribution in [0.3, 0.4) is 0 Å². The second-order valence-electron chi connectivity index (χ2n) is 6.27. The van der Waals surface area contributed by atoms with E-state index in [1.165, 1.54) is 18.4 Å². The molecule has 10 heteroatoms. The van der Waals surface area contributed by atoms with Crippen molar-refractivity contribution in [2.75, 3.05) is 6.54 Å². The number of nitrogens with zero attached hydrogens (tertiary/aromatic N) is 1. The molecule has 2 aliphatic rings. The van der Waals surface area contributed by atoms with Crippen LogP contribution in [0.5, 0.6) is 0 Å². The topological polar surface area (TPSA) is 167 Å². The standard InChI is InChI=1S/C17H22N2O8/c1-8(20)12(23)13-16(25,9(2)21)17(26,10(3)22)15(27-13)19-6-4-5-11(7-19)14(18)24/h4-6,12-13,15,23,25-26H,7H2,1-3H3,(H2,18,24)/t12?,13-,15?,16-,17+/m1/s1/i1D,2D,3D. The number of carbonyl (C=O) groups excluding carboxylic acids is 4. The lowest BCUT2D eigenvalue weighted by atomic mass is 9.73. The average Bonchev–Trinajstić information content (AvgIpc) is 3.00. The molecule has 0 radical (unpaired) electrons. The van der Waals surface area contributed by atoms with Crippen molar-refractivity contribution < 1.29 is 43.3 Å². The zero-order valence-electron chi connectivity index (χ0n) is 17.2. The minimum absolute atomic E-state index is 0.0170. The molecule has 10 nitrogen and oxygen atoms in total. The molecule has 0 spiro atoms. The third kappa shape index (κ3) is 3.00. The molecule has 1 fully saturated rings. The lowest BCUT2D eigenvalue weighted by Gasteiger charge is -2.40. The van der Waals surface area contributed by atoms with Crippen LogP contribution in [0.4, 0.5) is 0 Å². The van der Waals surface area contributed by atoms with Gasteiger partial charge >= 0.3 is 0 Å². The fourth-order valence-electron chi connectivity index (χ4n) is 3.15. The van der Waals surface area contributed by atoms with Gasteiger partial charge in [0, 0.05) is 15.9 Å². The number of nitrogens with two attached hydrogens (primary N) is 1. The molecular weight excluding hydrogens is 360 g/mol. The first-order chi connectivity index (χ1) is 14.0. The van der Waals surface area contributed by atoms with E-state index in [1.54, 1.807) is 0 Å². The Bertz CT molecular complexity index is 819. The van der Waals surface area contributed by atoms with E-state index in [1.807, 2.05) is 0 Å². The first kappa shape index (κ1) is 16.8. The number of hydrogen-bond acceptors (Lipinski definition) is 9. The van der Waals surface area contributed by atoms with Crippen LogP contribution in [0.15, 0.2) is 23.9 Å². The van der Waals surface area contributed by atoms with Gasteiger partial charge < -0.3 is 30.7 Å². The largest absolute Gasteiger partial charge is 0.382 e. The number of rotatable bonds is 6. The van der Waals surface area contributed by atoms with Crippen LogP contribution in [0.1, 0.15) is 24.8 Å². The first-order valence-electron chi connectivity index (χ1n) is 9.80. The van der Waals surface area contributed by atoms with E-state index in [0.29, 0.717) is 0 Å². The lowest BCUT2D eigenvalue weighted by molar-refractivity contribution is -0.185. The Morgan fingerprint density at radius 1 is 1.26 bits per heavy atom. The maximum atomic E-state index is 12.6. The van der Waals surface area contributed by atoms with E-state index < -0.39 is 73.6 Å². The minimum atomic E-state index is -3.27. The molecule has 0 bridgehead atoms. The molecule has 148 valence electrons. The summed E-state index contributed by atoms with van der Waals surface area (Å²) in [5.41, 5.74) is -1.20. The van der Waals surface area contributed by atoms with E-state index in [0.717, 1.165) is 4.90 Å². The number of hydrogen-bond donors (Lipinski definition) is 4. The van der Waals surface area contributed by atoms with Crippen molar-refractivity contribution in [1.82, 2.24) is 4.90 Å². The number of aliphatic hydroxyl groups excluding tert-OH is 1.